The zero-order chi connectivity index (χ0) is 15.0. The van der Waals surface area contributed by atoms with Crippen LogP contribution < -0.4 is 5.32 Å². The van der Waals surface area contributed by atoms with Crippen LogP contribution >= 0.6 is 11.3 Å². The molecular weight excluding hydrogens is 274 g/mol. The van der Waals surface area contributed by atoms with Crippen LogP contribution in [0.2, 0.25) is 0 Å². The highest BCUT2D eigenvalue weighted by atomic mass is 32.1. The van der Waals surface area contributed by atoms with E-state index in [-0.39, 0.29) is 5.91 Å². The van der Waals surface area contributed by atoms with Crippen LogP contribution in [-0.2, 0) is 16.0 Å². The van der Waals surface area contributed by atoms with Crippen LogP contribution in [0, 0.1) is 6.92 Å². The SMILES string of the molecule is CCCC[C@H](NC(=O)CCCc1ccc(C)s1)C(=O)O. The Labute approximate surface area is 124 Å². The normalized spacial score (nSPS) is 12.1. The van der Waals surface area contributed by atoms with Crippen LogP contribution in [0.15, 0.2) is 12.1 Å². The van der Waals surface area contributed by atoms with E-state index in [0.717, 1.165) is 25.7 Å². The number of aryl methyl sites for hydroxylation is 2. The van der Waals surface area contributed by atoms with E-state index in [9.17, 15) is 9.59 Å². The van der Waals surface area contributed by atoms with Crippen molar-refractivity contribution in [2.45, 2.75) is 58.4 Å². The molecule has 20 heavy (non-hydrogen) atoms. The van der Waals surface area contributed by atoms with Gasteiger partial charge in [-0.2, -0.15) is 0 Å². The number of thiophene rings is 1. The number of amides is 1. The Morgan fingerprint density at radius 1 is 1.35 bits per heavy atom. The molecule has 0 aliphatic rings. The number of carbonyl (C=O) groups is 2. The molecule has 0 spiro atoms. The van der Waals surface area contributed by atoms with Gasteiger partial charge in [-0.05, 0) is 38.3 Å². The van der Waals surface area contributed by atoms with Gasteiger partial charge in [0.05, 0.1) is 0 Å². The van der Waals surface area contributed by atoms with E-state index >= 15 is 0 Å². The summed E-state index contributed by atoms with van der Waals surface area (Å²) in [6.07, 6.45) is 4.25. The van der Waals surface area contributed by atoms with Gasteiger partial charge in [0.15, 0.2) is 0 Å². The van der Waals surface area contributed by atoms with E-state index in [0.29, 0.717) is 12.8 Å². The molecule has 0 unspecified atom stereocenters. The number of rotatable bonds is 9. The minimum atomic E-state index is -0.944. The van der Waals surface area contributed by atoms with E-state index in [1.54, 1.807) is 11.3 Å². The molecule has 0 aromatic carbocycles. The van der Waals surface area contributed by atoms with Gasteiger partial charge >= 0.3 is 5.97 Å². The Morgan fingerprint density at radius 3 is 2.65 bits per heavy atom. The summed E-state index contributed by atoms with van der Waals surface area (Å²) in [5.41, 5.74) is 0. The number of carboxylic acid groups (broad SMARTS) is 1. The van der Waals surface area contributed by atoms with Crippen molar-refractivity contribution in [2.24, 2.45) is 0 Å². The third-order valence-electron chi connectivity index (χ3n) is 3.10. The smallest absolute Gasteiger partial charge is 0.326 e. The Balaban J connectivity index is 2.28. The third kappa shape index (κ3) is 6.19. The van der Waals surface area contributed by atoms with Crippen molar-refractivity contribution in [3.8, 4) is 0 Å². The quantitative estimate of drug-likeness (QED) is 0.736. The van der Waals surface area contributed by atoms with Crippen molar-refractivity contribution in [3.05, 3.63) is 21.9 Å². The summed E-state index contributed by atoms with van der Waals surface area (Å²) in [5, 5.41) is 11.6. The van der Waals surface area contributed by atoms with Crippen LogP contribution in [0.1, 0.15) is 48.8 Å². The highest BCUT2D eigenvalue weighted by molar-refractivity contribution is 7.11. The monoisotopic (exact) mass is 297 g/mol. The molecule has 0 aliphatic heterocycles. The molecule has 2 N–H and O–H groups in total. The Hall–Kier alpha value is -1.36. The van der Waals surface area contributed by atoms with Gasteiger partial charge in [0.25, 0.3) is 0 Å². The fraction of sp³-hybridized carbons (Fsp3) is 0.600. The summed E-state index contributed by atoms with van der Waals surface area (Å²) in [5.74, 6) is -1.11. The molecule has 0 aliphatic carbocycles. The van der Waals surface area contributed by atoms with Crippen molar-refractivity contribution in [3.63, 3.8) is 0 Å². The number of carbonyl (C=O) groups excluding carboxylic acids is 1. The molecule has 0 fully saturated rings. The standard InChI is InChI=1S/C15H23NO3S/c1-3-4-7-13(15(18)19)16-14(17)8-5-6-12-10-9-11(2)20-12/h9-10,13H,3-8H2,1-2H3,(H,16,17)(H,18,19)/t13-/m0/s1. The molecule has 1 aromatic rings. The van der Waals surface area contributed by atoms with Gasteiger partial charge in [-0.25, -0.2) is 4.79 Å². The first-order valence-corrected chi connectivity index (χ1v) is 7.92. The van der Waals surface area contributed by atoms with Gasteiger partial charge in [-0.1, -0.05) is 19.8 Å². The summed E-state index contributed by atoms with van der Waals surface area (Å²) in [6.45, 7) is 4.07. The first-order valence-electron chi connectivity index (χ1n) is 7.10. The second-order valence-electron chi connectivity index (χ2n) is 4.97. The summed E-state index contributed by atoms with van der Waals surface area (Å²) < 4.78 is 0. The lowest BCUT2D eigenvalue weighted by Crippen LogP contribution is -2.40. The predicted octanol–water partition coefficient (Wildman–Crippen LogP) is 3.14. The van der Waals surface area contributed by atoms with Crippen molar-refractivity contribution in [1.82, 2.24) is 5.32 Å². The van der Waals surface area contributed by atoms with E-state index < -0.39 is 12.0 Å². The van der Waals surface area contributed by atoms with E-state index in [1.807, 2.05) is 6.92 Å². The zero-order valence-electron chi connectivity index (χ0n) is 12.1. The minimum Gasteiger partial charge on any atom is -0.480 e. The van der Waals surface area contributed by atoms with Crippen LogP contribution in [-0.4, -0.2) is 23.0 Å². The van der Waals surface area contributed by atoms with Crippen molar-refractivity contribution in [2.75, 3.05) is 0 Å². The molecule has 1 heterocycles. The molecule has 4 nitrogen and oxygen atoms in total. The van der Waals surface area contributed by atoms with Crippen molar-refractivity contribution < 1.29 is 14.7 Å². The summed E-state index contributed by atoms with van der Waals surface area (Å²) >= 11 is 1.74. The number of carboxylic acids is 1. The summed E-state index contributed by atoms with van der Waals surface area (Å²) in [4.78, 5) is 25.3. The molecule has 1 rings (SSSR count). The maximum atomic E-state index is 11.7. The van der Waals surface area contributed by atoms with Crippen LogP contribution in [0.5, 0.6) is 0 Å². The fourth-order valence-corrected chi connectivity index (χ4v) is 2.91. The zero-order valence-corrected chi connectivity index (χ0v) is 13.0. The highest BCUT2D eigenvalue weighted by Crippen LogP contribution is 2.17. The second kappa shape index (κ2) is 8.74. The van der Waals surface area contributed by atoms with Gasteiger partial charge in [0.1, 0.15) is 6.04 Å². The van der Waals surface area contributed by atoms with Gasteiger partial charge in [-0.3, -0.25) is 4.79 Å². The second-order valence-corrected chi connectivity index (χ2v) is 6.34. The number of nitrogens with one attached hydrogen (secondary N) is 1. The van der Waals surface area contributed by atoms with E-state index in [4.69, 9.17) is 5.11 Å². The molecule has 1 atom stereocenters. The number of hydrogen-bond acceptors (Lipinski definition) is 3. The first-order chi connectivity index (χ1) is 9.52. The highest BCUT2D eigenvalue weighted by Gasteiger charge is 2.18. The molecule has 5 heteroatoms. The van der Waals surface area contributed by atoms with Crippen molar-refractivity contribution in [1.29, 1.82) is 0 Å². The maximum Gasteiger partial charge on any atom is 0.326 e. The molecule has 1 aromatic heterocycles. The van der Waals surface area contributed by atoms with E-state index in [1.165, 1.54) is 9.75 Å². The van der Waals surface area contributed by atoms with Crippen LogP contribution in [0.25, 0.3) is 0 Å². The van der Waals surface area contributed by atoms with Gasteiger partial charge < -0.3 is 10.4 Å². The first kappa shape index (κ1) is 16.7. The average Bonchev–Trinajstić information content (AvgIpc) is 2.80. The summed E-state index contributed by atoms with van der Waals surface area (Å²) in [7, 11) is 0. The predicted molar refractivity (Wildman–Crippen MR) is 81.1 cm³/mol. The number of aliphatic carboxylic acids is 1. The molecule has 0 radical (unpaired) electrons. The van der Waals surface area contributed by atoms with Crippen LogP contribution in [0.4, 0.5) is 0 Å². The largest absolute Gasteiger partial charge is 0.480 e. The minimum absolute atomic E-state index is 0.165. The molecule has 0 saturated heterocycles. The van der Waals surface area contributed by atoms with Gasteiger partial charge in [-0.15, -0.1) is 11.3 Å². The summed E-state index contributed by atoms with van der Waals surface area (Å²) in [6, 6.07) is 3.41. The Bertz CT molecular complexity index is 442. The molecular formula is C15H23NO3S. The fourth-order valence-electron chi connectivity index (χ4n) is 1.97. The molecule has 0 saturated carbocycles. The molecule has 112 valence electrons. The van der Waals surface area contributed by atoms with Crippen LogP contribution in [0.3, 0.4) is 0 Å². The average molecular weight is 297 g/mol. The van der Waals surface area contributed by atoms with Crippen molar-refractivity contribution >= 4 is 23.2 Å². The maximum absolute atomic E-state index is 11.7. The Morgan fingerprint density at radius 2 is 2.10 bits per heavy atom. The third-order valence-corrected chi connectivity index (χ3v) is 4.16. The van der Waals surface area contributed by atoms with E-state index in [2.05, 4.69) is 24.4 Å². The van der Waals surface area contributed by atoms with Gasteiger partial charge in [0, 0.05) is 16.2 Å². The lowest BCUT2D eigenvalue weighted by molar-refractivity contribution is -0.142. The molecule has 1 amide bonds. The van der Waals surface area contributed by atoms with Gasteiger partial charge in [0.2, 0.25) is 5.91 Å². The lowest BCUT2D eigenvalue weighted by atomic mass is 10.1. The number of hydrogen-bond donors (Lipinski definition) is 2. The lowest BCUT2D eigenvalue weighted by Gasteiger charge is -2.13. The molecule has 0 bridgehead atoms. The number of unbranched alkanes of at least 4 members (excludes halogenated alkanes) is 1. The Kier molecular flexibility index (Phi) is 7.30. The topological polar surface area (TPSA) is 66.4 Å².